The van der Waals surface area contributed by atoms with E-state index in [1.165, 1.54) is 0 Å². The van der Waals surface area contributed by atoms with E-state index in [9.17, 15) is 5.11 Å². The van der Waals surface area contributed by atoms with Crippen molar-refractivity contribution in [3.8, 4) is 0 Å². The first-order valence-corrected chi connectivity index (χ1v) is 1.31. The van der Waals surface area contributed by atoms with Crippen LogP contribution in [0.5, 0.6) is 0 Å². The van der Waals surface area contributed by atoms with E-state index in [0.29, 0.717) is 0 Å². The van der Waals surface area contributed by atoms with Crippen LogP contribution in [0.3, 0.4) is 0 Å². The van der Waals surface area contributed by atoms with Gasteiger partial charge in [0.15, 0.2) is 0 Å². The zero-order valence-electron chi connectivity index (χ0n) is 2.81. The molecule has 5 heavy (non-hydrogen) atoms. The molecule has 0 aliphatic heterocycles. The lowest BCUT2D eigenvalue weighted by molar-refractivity contribution is 0.0643. The molecule has 0 saturated heterocycles. The Hall–Kier alpha value is -0.120. The van der Waals surface area contributed by atoms with E-state index in [0.717, 1.165) is 0 Å². The molecule has 0 unspecified atom stereocenters. The average Bonchev–Trinajstić information content (AvgIpc) is 1.41. The molecule has 0 aromatic carbocycles. The van der Waals surface area contributed by atoms with Gasteiger partial charge in [0.2, 0.25) is 0 Å². The van der Waals surface area contributed by atoms with Crippen molar-refractivity contribution in [1.82, 2.24) is 0 Å². The molecular formula is C2H6NO2. The van der Waals surface area contributed by atoms with Crippen LogP contribution in [0, 0.1) is 0 Å². The van der Waals surface area contributed by atoms with Gasteiger partial charge in [-0.25, -0.2) is 11.0 Å². The molecule has 0 aliphatic carbocycles. The Kier molecular flexibility index (Phi) is 3.79. The SMILES string of the molecule is NOCC[O]. The van der Waals surface area contributed by atoms with Crippen LogP contribution in [0.25, 0.3) is 0 Å². The average molecular weight is 76.1 g/mol. The molecule has 0 heterocycles. The van der Waals surface area contributed by atoms with Crippen LogP contribution in [-0.2, 0) is 9.94 Å². The van der Waals surface area contributed by atoms with Gasteiger partial charge in [-0.05, 0) is 0 Å². The zero-order chi connectivity index (χ0) is 4.12. The fourth-order valence-corrected chi connectivity index (χ4v) is 0.0481. The van der Waals surface area contributed by atoms with E-state index >= 15 is 0 Å². The highest BCUT2D eigenvalue weighted by atomic mass is 16.6. The molecule has 0 rings (SSSR count). The van der Waals surface area contributed by atoms with Gasteiger partial charge in [0.1, 0.15) is 6.61 Å². The molecule has 0 fully saturated rings. The molecule has 0 bridgehead atoms. The van der Waals surface area contributed by atoms with Gasteiger partial charge in [-0.1, -0.05) is 0 Å². The number of nitrogens with two attached hydrogens (primary N) is 1. The van der Waals surface area contributed by atoms with Crippen molar-refractivity contribution in [2.45, 2.75) is 0 Å². The molecule has 2 N–H and O–H groups in total. The molecule has 3 heteroatoms. The Bertz CT molecular complexity index is 15.1. The summed E-state index contributed by atoms with van der Waals surface area (Å²) in [6.45, 7) is -0.142. The topological polar surface area (TPSA) is 55.1 Å². The molecule has 0 amide bonds. The summed E-state index contributed by atoms with van der Waals surface area (Å²) in [7, 11) is 0. The number of rotatable bonds is 2. The van der Waals surface area contributed by atoms with Crippen LogP contribution < -0.4 is 5.90 Å². The second kappa shape index (κ2) is 3.88. The third-order valence-electron chi connectivity index (χ3n) is 0.201. The number of hydrogen-bond donors (Lipinski definition) is 1. The molecule has 0 aliphatic rings. The van der Waals surface area contributed by atoms with Gasteiger partial charge in [-0.2, -0.15) is 0 Å². The highest BCUT2D eigenvalue weighted by Crippen LogP contribution is 1.53. The van der Waals surface area contributed by atoms with Crippen LogP contribution in [0.4, 0.5) is 0 Å². The van der Waals surface area contributed by atoms with E-state index in [1.54, 1.807) is 0 Å². The zero-order valence-corrected chi connectivity index (χ0v) is 2.81. The van der Waals surface area contributed by atoms with E-state index in [4.69, 9.17) is 0 Å². The minimum Gasteiger partial charge on any atom is -0.302 e. The molecule has 0 atom stereocenters. The highest BCUT2D eigenvalue weighted by molar-refractivity contribution is 4.10. The second-order valence-electron chi connectivity index (χ2n) is 0.575. The van der Waals surface area contributed by atoms with Gasteiger partial charge in [0, 0.05) is 0 Å². The predicted molar refractivity (Wildman–Crippen MR) is 15.7 cm³/mol. The van der Waals surface area contributed by atoms with Crippen LogP contribution in [-0.4, -0.2) is 13.2 Å². The lowest BCUT2D eigenvalue weighted by atomic mass is 10.8. The summed E-state index contributed by atoms with van der Waals surface area (Å²) in [5.41, 5.74) is 0. The van der Waals surface area contributed by atoms with Gasteiger partial charge in [0.05, 0.1) is 6.61 Å². The van der Waals surface area contributed by atoms with Crippen LogP contribution in [0.15, 0.2) is 0 Å². The van der Waals surface area contributed by atoms with Crippen molar-refractivity contribution >= 4 is 0 Å². The third-order valence-corrected chi connectivity index (χ3v) is 0.201. The summed E-state index contributed by atoms with van der Waals surface area (Å²) in [5.74, 6) is 4.44. The minimum absolute atomic E-state index is 0.111. The Morgan fingerprint density at radius 1 is 1.80 bits per heavy atom. The predicted octanol–water partition coefficient (Wildman–Crippen LogP) is -0.693. The van der Waals surface area contributed by atoms with Gasteiger partial charge in [-0.15, -0.1) is 0 Å². The van der Waals surface area contributed by atoms with Gasteiger partial charge >= 0.3 is 0 Å². The van der Waals surface area contributed by atoms with Crippen molar-refractivity contribution in [3.63, 3.8) is 0 Å². The van der Waals surface area contributed by atoms with Crippen LogP contribution >= 0.6 is 0 Å². The Morgan fingerprint density at radius 2 is 2.40 bits per heavy atom. The lowest BCUT2D eigenvalue weighted by Gasteiger charge is -1.81. The fourth-order valence-electron chi connectivity index (χ4n) is 0.0481. The fraction of sp³-hybridized carbons (Fsp3) is 1.00. The summed E-state index contributed by atoms with van der Waals surface area (Å²) in [5, 5.41) is 9.32. The molecule has 31 valence electrons. The van der Waals surface area contributed by atoms with Crippen LogP contribution in [0.2, 0.25) is 0 Å². The molecule has 3 nitrogen and oxygen atoms in total. The minimum atomic E-state index is -0.253. The van der Waals surface area contributed by atoms with Crippen molar-refractivity contribution in [2.75, 3.05) is 13.2 Å². The molecule has 0 aromatic rings. The second-order valence-corrected chi connectivity index (χ2v) is 0.575. The monoisotopic (exact) mass is 76.0 g/mol. The number of hydrogen-bond acceptors (Lipinski definition) is 2. The van der Waals surface area contributed by atoms with Crippen LogP contribution in [0.1, 0.15) is 0 Å². The standard InChI is InChI=1S/C2H6NO2/c3-5-2-1-4/h1-3H2. The van der Waals surface area contributed by atoms with Crippen molar-refractivity contribution in [2.24, 2.45) is 5.90 Å². The first-order valence-electron chi connectivity index (χ1n) is 1.31. The first-order chi connectivity index (χ1) is 2.41. The van der Waals surface area contributed by atoms with Gasteiger partial charge in [-0.3, -0.25) is 0 Å². The smallest absolute Gasteiger partial charge is 0.108 e. The lowest BCUT2D eigenvalue weighted by Crippen LogP contribution is -2.02. The maximum Gasteiger partial charge on any atom is 0.108 e. The van der Waals surface area contributed by atoms with E-state index in [2.05, 4.69) is 10.7 Å². The Morgan fingerprint density at radius 3 is 2.40 bits per heavy atom. The summed E-state index contributed by atoms with van der Waals surface area (Å²) in [4.78, 5) is 3.88. The highest BCUT2D eigenvalue weighted by Gasteiger charge is 1.70. The maximum absolute atomic E-state index is 9.32. The van der Waals surface area contributed by atoms with Crippen molar-refractivity contribution in [3.05, 3.63) is 0 Å². The normalized spacial score (nSPS) is 8.40. The van der Waals surface area contributed by atoms with E-state index in [-0.39, 0.29) is 13.2 Å². The maximum atomic E-state index is 9.32. The molecular weight excluding hydrogens is 70.0 g/mol. The summed E-state index contributed by atoms with van der Waals surface area (Å²) in [6.07, 6.45) is 0. The molecule has 0 spiro atoms. The summed E-state index contributed by atoms with van der Waals surface area (Å²) < 4.78 is 0. The summed E-state index contributed by atoms with van der Waals surface area (Å²) in [6, 6.07) is 0. The van der Waals surface area contributed by atoms with Gasteiger partial charge in [0.25, 0.3) is 0 Å². The molecule has 0 aromatic heterocycles. The van der Waals surface area contributed by atoms with E-state index < -0.39 is 0 Å². The summed E-state index contributed by atoms with van der Waals surface area (Å²) >= 11 is 0. The Balaban J connectivity index is 2.19. The van der Waals surface area contributed by atoms with E-state index in [1.807, 2.05) is 0 Å². The third kappa shape index (κ3) is 3.88. The Labute approximate surface area is 30.3 Å². The van der Waals surface area contributed by atoms with Gasteiger partial charge < -0.3 is 4.84 Å². The first kappa shape index (κ1) is 4.88. The molecule has 0 saturated carbocycles. The largest absolute Gasteiger partial charge is 0.302 e. The quantitative estimate of drug-likeness (QED) is 0.442. The molecule has 1 radical (unpaired) electrons. The van der Waals surface area contributed by atoms with Crippen molar-refractivity contribution < 1.29 is 9.94 Å². The van der Waals surface area contributed by atoms with Crippen molar-refractivity contribution in [1.29, 1.82) is 0 Å².